The maximum atomic E-state index is 12.9. The summed E-state index contributed by atoms with van der Waals surface area (Å²) in [6, 6.07) is 0.521. The summed E-state index contributed by atoms with van der Waals surface area (Å²) in [6.07, 6.45) is -3.18. The summed E-state index contributed by atoms with van der Waals surface area (Å²) in [6.45, 7) is 0. The van der Waals surface area contributed by atoms with Crippen molar-refractivity contribution in [2.45, 2.75) is 6.43 Å². The first-order valence-corrected chi connectivity index (χ1v) is 3.73. The molecule has 0 aliphatic heterocycles. The summed E-state index contributed by atoms with van der Waals surface area (Å²) in [4.78, 5) is 14.0. The Balaban J connectivity index is 3.29. The first-order valence-electron chi connectivity index (χ1n) is 3.73. The standard InChI is InChI=1S/C8H6F3NO3/c1-15-8(14)4-2-3(9)6(13)5(12-4)7(10)11/h2,7,13H,1H3. The van der Waals surface area contributed by atoms with Crippen LogP contribution in [0.5, 0.6) is 5.75 Å². The summed E-state index contributed by atoms with van der Waals surface area (Å²) in [5.41, 5.74) is -1.81. The molecule has 1 rings (SSSR count). The number of alkyl halides is 2. The molecule has 4 nitrogen and oxygen atoms in total. The normalized spacial score (nSPS) is 10.5. The van der Waals surface area contributed by atoms with E-state index in [9.17, 15) is 18.0 Å². The van der Waals surface area contributed by atoms with E-state index in [0.29, 0.717) is 6.07 Å². The van der Waals surface area contributed by atoms with Crippen LogP contribution in [0.1, 0.15) is 22.6 Å². The van der Waals surface area contributed by atoms with Gasteiger partial charge in [-0.05, 0) is 0 Å². The minimum absolute atomic E-state index is 0.521. The number of methoxy groups -OCH3 is 1. The average Bonchev–Trinajstić information content (AvgIpc) is 2.20. The van der Waals surface area contributed by atoms with E-state index in [4.69, 9.17) is 5.11 Å². The van der Waals surface area contributed by atoms with Gasteiger partial charge in [0, 0.05) is 6.07 Å². The molecule has 0 unspecified atom stereocenters. The van der Waals surface area contributed by atoms with Crippen molar-refractivity contribution in [3.05, 3.63) is 23.3 Å². The van der Waals surface area contributed by atoms with E-state index in [1.54, 1.807) is 0 Å². The summed E-state index contributed by atoms with van der Waals surface area (Å²) in [7, 11) is 0.997. The molecule has 0 aliphatic carbocycles. The van der Waals surface area contributed by atoms with E-state index in [0.717, 1.165) is 7.11 Å². The van der Waals surface area contributed by atoms with Crippen LogP contribution < -0.4 is 0 Å². The first-order chi connectivity index (χ1) is 6.97. The molecule has 0 radical (unpaired) electrons. The highest BCUT2D eigenvalue weighted by molar-refractivity contribution is 5.87. The Kier molecular flexibility index (Phi) is 3.13. The summed E-state index contributed by atoms with van der Waals surface area (Å²) >= 11 is 0. The number of carbonyl (C=O) groups is 1. The lowest BCUT2D eigenvalue weighted by Gasteiger charge is -2.05. The Morgan fingerprint density at radius 2 is 2.20 bits per heavy atom. The van der Waals surface area contributed by atoms with Crippen LogP contribution in [0.25, 0.3) is 0 Å². The number of hydrogen-bond donors (Lipinski definition) is 1. The Morgan fingerprint density at radius 3 is 2.67 bits per heavy atom. The molecule has 0 fully saturated rings. The molecule has 0 saturated carbocycles. The van der Waals surface area contributed by atoms with Crippen LogP contribution in [0.2, 0.25) is 0 Å². The fraction of sp³-hybridized carbons (Fsp3) is 0.250. The predicted octanol–water partition coefficient (Wildman–Crippen LogP) is 1.65. The molecule has 0 atom stereocenters. The molecular weight excluding hydrogens is 215 g/mol. The SMILES string of the molecule is COC(=O)c1cc(F)c(O)c(C(F)F)n1. The Morgan fingerprint density at radius 1 is 1.60 bits per heavy atom. The lowest BCUT2D eigenvalue weighted by molar-refractivity contribution is 0.0591. The highest BCUT2D eigenvalue weighted by atomic mass is 19.3. The van der Waals surface area contributed by atoms with Crippen LogP contribution in [0.15, 0.2) is 6.07 Å². The van der Waals surface area contributed by atoms with Crippen molar-refractivity contribution in [3.63, 3.8) is 0 Å². The lowest BCUT2D eigenvalue weighted by atomic mass is 10.2. The molecule has 0 saturated heterocycles. The molecule has 1 aromatic heterocycles. The van der Waals surface area contributed by atoms with Crippen molar-refractivity contribution in [1.82, 2.24) is 4.98 Å². The van der Waals surface area contributed by atoms with E-state index in [-0.39, 0.29) is 0 Å². The molecule has 0 aromatic carbocycles. The second-order valence-corrected chi connectivity index (χ2v) is 2.52. The second kappa shape index (κ2) is 4.16. The maximum absolute atomic E-state index is 12.9. The third kappa shape index (κ3) is 2.17. The van der Waals surface area contributed by atoms with Crippen LogP contribution in [-0.4, -0.2) is 23.2 Å². The topological polar surface area (TPSA) is 59.4 Å². The van der Waals surface area contributed by atoms with Crippen molar-refractivity contribution < 1.29 is 27.8 Å². The number of aromatic hydroxyl groups is 1. The van der Waals surface area contributed by atoms with Crippen LogP contribution in [0, 0.1) is 5.82 Å². The van der Waals surface area contributed by atoms with E-state index < -0.39 is 35.3 Å². The monoisotopic (exact) mass is 221 g/mol. The van der Waals surface area contributed by atoms with Gasteiger partial charge in [-0.1, -0.05) is 0 Å². The van der Waals surface area contributed by atoms with Gasteiger partial charge in [0.2, 0.25) is 0 Å². The van der Waals surface area contributed by atoms with Gasteiger partial charge in [-0.15, -0.1) is 0 Å². The van der Waals surface area contributed by atoms with Gasteiger partial charge >= 0.3 is 5.97 Å². The number of rotatable bonds is 2. The zero-order chi connectivity index (χ0) is 11.6. The largest absolute Gasteiger partial charge is 0.503 e. The van der Waals surface area contributed by atoms with Gasteiger partial charge in [-0.2, -0.15) is 0 Å². The number of ether oxygens (including phenoxy) is 1. The molecule has 7 heteroatoms. The highest BCUT2D eigenvalue weighted by Crippen LogP contribution is 2.28. The first kappa shape index (κ1) is 11.3. The van der Waals surface area contributed by atoms with Gasteiger partial charge < -0.3 is 9.84 Å². The quantitative estimate of drug-likeness (QED) is 0.771. The highest BCUT2D eigenvalue weighted by Gasteiger charge is 2.22. The third-order valence-corrected chi connectivity index (χ3v) is 1.57. The molecular formula is C8H6F3NO3. The molecule has 15 heavy (non-hydrogen) atoms. The average molecular weight is 221 g/mol. The molecule has 1 heterocycles. The van der Waals surface area contributed by atoms with Crippen LogP contribution in [-0.2, 0) is 4.74 Å². The number of halogens is 3. The lowest BCUT2D eigenvalue weighted by Crippen LogP contribution is -2.07. The van der Waals surface area contributed by atoms with Crippen LogP contribution in [0.3, 0.4) is 0 Å². The number of nitrogens with zero attached hydrogens (tertiary/aromatic N) is 1. The van der Waals surface area contributed by atoms with Crippen molar-refractivity contribution in [2.24, 2.45) is 0 Å². The van der Waals surface area contributed by atoms with Crippen molar-refractivity contribution >= 4 is 5.97 Å². The molecule has 0 aliphatic rings. The van der Waals surface area contributed by atoms with E-state index >= 15 is 0 Å². The fourth-order valence-electron chi connectivity index (χ4n) is 0.887. The Hall–Kier alpha value is -1.79. The van der Waals surface area contributed by atoms with Crippen molar-refractivity contribution in [2.75, 3.05) is 7.11 Å². The smallest absolute Gasteiger partial charge is 0.356 e. The zero-order valence-electron chi connectivity index (χ0n) is 7.50. The van der Waals surface area contributed by atoms with Gasteiger partial charge in [0.05, 0.1) is 7.11 Å². The molecule has 0 bridgehead atoms. The Bertz CT molecular complexity index is 395. The number of esters is 1. The minimum Gasteiger partial charge on any atom is -0.503 e. The predicted molar refractivity (Wildman–Crippen MR) is 42.2 cm³/mol. The number of aromatic nitrogens is 1. The van der Waals surface area contributed by atoms with Gasteiger partial charge in [0.1, 0.15) is 0 Å². The molecule has 1 aromatic rings. The second-order valence-electron chi connectivity index (χ2n) is 2.52. The molecule has 0 spiro atoms. The van der Waals surface area contributed by atoms with Crippen molar-refractivity contribution in [1.29, 1.82) is 0 Å². The molecule has 82 valence electrons. The number of pyridine rings is 1. The van der Waals surface area contributed by atoms with Crippen molar-refractivity contribution in [3.8, 4) is 5.75 Å². The number of hydrogen-bond acceptors (Lipinski definition) is 4. The molecule has 0 amide bonds. The van der Waals surface area contributed by atoms with Gasteiger partial charge in [-0.3, -0.25) is 0 Å². The summed E-state index contributed by atoms with van der Waals surface area (Å²) in [5, 5.41) is 8.88. The minimum atomic E-state index is -3.18. The zero-order valence-corrected chi connectivity index (χ0v) is 7.50. The summed E-state index contributed by atoms with van der Waals surface area (Å²) in [5.74, 6) is -3.67. The van der Waals surface area contributed by atoms with E-state index in [1.165, 1.54) is 0 Å². The van der Waals surface area contributed by atoms with E-state index in [1.807, 2.05) is 0 Å². The third-order valence-electron chi connectivity index (χ3n) is 1.57. The van der Waals surface area contributed by atoms with Gasteiger partial charge in [0.15, 0.2) is 23.0 Å². The maximum Gasteiger partial charge on any atom is 0.356 e. The summed E-state index contributed by atoms with van der Waals surface area (Å²) < 4.78 is 41.5. The van der Waals surface area contributed by atoms with Gasteiger partial charge in [-0.25, -0.2) is 22.9 Å². The van der Waals surface area contributed by atoms with Gasteiger partial charge in [0.25, 0.3) is 6.43 Å². The molecule has 1 N–H and O–H groups in total. The van der Waals surface area contributed by atoms with E-state index in [2.05, 4.69) is 9.72 Å². The fourth-order valence-corrected chi connectivity index (χ4v) is 0.887. The van der Waals surface area contributed by atoms with Crippen LogP contribution >= 0.6 is 0 Å². The van der Waals surface area contributed by atoms with Crippen LogP contribution in [0.4, 0.5) is 13.2 Å². The number of carbonyl (C=O) groups excluding carboxylic acids is 1. The Labute approximate surface area is 82.3 Å².